The van der Waals surface area contributed by atoms with E-state index < -0.39 is 0 Å². The van der Waals surface area contributed by atoms with Crippen molar-refractivity contribution < 1.29 is 4.42 Å². The Bertz CT molecular complexity index is 3910. The second kappa shape index (κ2) is 12.6. The number of rotatable bonds is 3. The fraction of sp³-hybridized carbons (Fsp3) is 0.129. The fourth-order valence-electron chi connectivity index (χ4n) is 12.6. The third-order valence-corrected chi connectivity index (χ3v) is 15.4. The lowest BCUT2D eigenvalue weighted by Gasteiger charge is -2.32. The molecule has 2 heteroatoms. The van der Waals surface area contributed by atoms with Crippen molar-refractivity contribution >= 4 is 82.5 Å². The smallest absolute Gasteiger partial charge is 0.159 e. The fourth-order valence-corrected chi connectivity index (χ4v) is 12.6. The molecule has 1 heterocycles. The van der Waals surface area contributed by atoms with Crippen LogP contribution in [0.25, 0.3) is 93.4 Å². The highest BCUT2D eigenvalue weighted by atomic mass is 16.3. The molecule has 304 valence electrons. The minimum Gasteiger partial charge on any atom is -0.454 e. The molecule has 0 aliphatic heterocycles. The first-order chi connectivity index (χ1) is 31.3. The van der Waals surface area contributed by atoms with Gasteiger partial charge in [-0.05, 0) is 148 Å². The molecule has 3 aliphatic rings. The molecule has 0 saturated heterocycles. The quantitative estimate of drug-likeness (QED) is 0.165. The van der Waals surface area contributed by atoms with Crippen molar-refractivity contribution in [3.63, 3.8) is 0 Å². The maximum absolute atomic E-state index is 6.82. The van der Waals surface area contributed by atoms with E-state index in [1.807, 2.05) is 0 Å². The van der Waals surface area contributed by atoms with Crippen molar-refractivity contribution in [2.45, 2.75) is 51.4 Å². The van der Waals surface area contributed by atoms with Gasteiger partial charge in [-0.1, -0.05) is 167 Å². The lowest BCUT2D eigenvalue weighted by molar-refractivity contribution is 0.665. The largest absolute Gasteiger partial charge is 0.454 e. The van der Waals surface area contributed by atoms with E-state index in [1.165, 1.54) is 104 Å². The number of benzene rings is 10. The number of fused-ring (bicyclic) bond motifs is 19. The third-order valence-electron chi connectivity index (χ3n) is 15.4. The van der Waals surface area contributed by atoms with Gasteiger partial charge in [-0.15, -0.1) is 0 Å². The summed E-state index contributed by atoms with van der Waals surface area (Å²) >= 11 is 0. The maximum atomic E-state index is 6.82. The molecule has 0 saturated carbocycles. The molecular weight excluding hydrogens is 775 g/mol. The maximum Gasteiger partial charge on any atom is 0.159 e. The molecule has 0 atom stereocenters. The Morgan fingerprint density at radius 2 is 1.11 bits per heavy atom. The second-order valence-corrected chi connectivity index (χ2v) is 19.5. The van der Waals surface area contributed by atoms with Crippen LogP contribution < -0.4 is 4.90 Å². The van der Waals surface area contributed by atoms with Crippen LogP contribution in [0.15, 0.2) is 180 Å². The van der Waals surface area contributed by atoms with Crippen LogP contribution in [0, 0.1) is 0 Å². The van der Waals surface area contributed by atoms with Crippen LogP contribution >= 0.6 is 0 Å². The SMILES string of the molecule is CC1(C)c2cc3c(cc2-c2ccc4ccccc4c21)CCC(N(c1ccc2c4c(ccc2c1)-c1c(c2ccccc2c2ccccc12)C4(C)C)c1cccc2c1oc1ccccc12)=C3. The van der Waals surface area contributed by atoms with Crippen LogP contribution in [-0.2, 0) is 17.3 Å². The highest BCUT2D eigenvalue weighted by Crippen LogP contribution is 2.57. The van der Waals surface area contributed by atoms with Crippen molar-refractivity contribution in [1.82, 2.24) is 0 Å². The first-order valence-electron chi connectivity index (χ1n) is 22.9. The predicted octanol–water partition coefficient (Wildman–Crippen LogP) is 16.9. The highest BCUT2D eigenvalue weighted by molar-refractivity contribution is 6.20. The molecule has 64 heavy (non-hydrogen) atoms. The van der Waals surface area contributed by atoms with E-state index in [-0.39, 0.29) is 10.8 Å². The molecule has 0 unspecified atom stereocenters. The zero-order valence-electron chi connectivity index (χ0n) is 36.5. The third kappa shape index (κ3) is 4.70. The molecule has 0 fully saturated rings. The second-order valence-electron chi connectivity index (χ2n) is 19.5. The molecule has 0 radical (unpaired) electrons. The van der Waals surface area contributed by atoms with Gasteiger partial charge in [-0.25, -0.2) is 0 Å². The summed E-state index contributed by atoms with van der Waals surface area (Å²) in [5.41, 5.74) is 18.9. The van der Waals surface area contributed by atoms with Gasteiger partial charge in [0.2, 0.25) is 0 Å². The lowest BCUT2D eigenvalue weighted by atomic mass is 9.78. The van der Waals surface area contributed by atoms with Gasteiger partial charge in [0.05, 0.1) is 5.69 Å². The molecule has 0 amide bonds. The Morgan fingerprint density at radius 1 is 0.453 bits per heavy atom. The van der Waals surface area contributed by atoms with Gasteiger partial charge in [0.15, 0.2) is 5.58 Å². The summed E-state index contributed by atoms with van der Waals surface area (Å²) in [7, 11) is 0. The zero-order chi connectivity index (χ0) is 42.6. The average Bonchev–Trinajstić information content (AvgIpc) is 3.91. The van der Waals surface area contributed by atoms with Gasteiger partial charge in [-0.3, -0.25) is 0 Å². The number of hydrogen-bond donors (Lipinski definition) is 0. The van der Waals surface area contributed by atoms with Crippen LogP contribution in [0.2, 0.25) is 0 Å². The molecule has 10 aromatic carbocycles. The minimum atomic E-state index is -0.204. The summed E-state index contributed by atoms with van der Waals surface area (Å²) in [6.45, 7) is 9.69. The van der Waals surface area contributed by atoms with Gasteiger partial charge < -0.3 is 9.32 Å². The molecule has 2 nitrogen and oxygen atoms in total. The van der Waals surface area contributed by atoms with Crippen LogP contribution in [0.1, 0.15) is 67.5 Å². The summed E-state index contributed by atoms with van der Waals surface area (Å²) in [4.78, 5) is 2.50. The Labute approximate surface area is 372 Å². The first kappa shape index (κ1) is 36.1. The molecule has 0 spiro atoms. The molecule has 3 aliphatic carbocycles. The molecule has 11 aromatic rings. The van der Waals surface area contributed by atoms with Crippen LogP contribution in [0.5, 0.6) is 0 Å². The first-order valence-corrected chi connectivity index (χ1v) is 22.9. The Kier molecular flexibility index (Phi) is 7.11. The van der Waals surface area contributed by atoms with Crippen molar-refractivity contribution in [3.05, 3.63) is 209 Å². The zero-order valence-corrected chi connectivity index (χ0v) is 36.5. The van der Waals surface area contributed by atoms with Crippen molar-refractivity contribution in [3.8, 4) is 22.3 Å². The molecule has 0 N–H and O–H groups in total. The van der Waals surface area contributed by atoms with Crippen molar-refractivity contribution in [2.75, 3.05) is 4.90 Å². The number of nitrogens with zero attached hydrogens (tertiary/aromatic N) is 1. The van der Waals surface area contributed by atoms with E-state index in [0.717, 1.165) is 46.2 Å². The molecule has 1 aromatic heterocycles. The Balaban J connectivity index is 0.967. The van der Waals surface area contributed by atoms with E-state index in [0.29, 0.717) is 0 Å². The van der Waals surface area contributed by atoms with E-state index in [2.05, 4.69) is 209 Å². The van der Waals surface area contributed by atoms with Crippen LogP contribution in [0.4, 0.5) is 11.4 Å². The summed E-state index contributed by atoms with van der Waals surface area (Å²) in [6, 6.07) is 63.6. The average molecular weight is 820 g/mol. The van der Waals surface area contributed by atoms with Gasteiger partial charge in [0.1, 0.15) is 5.58 Å². The summed E-state index contributed by atoms with van der Waals surface area (Å²) < 4.78 is 6.82. The standard InChI is InChI=1S/C62H45NO/c1-61(2)53-35-39-33-40(27-24-37(39)34-52(53)49-29-25-36-14-5-6-15-42(36)57(49)61)63(54-22-13-21-50-46-18-11-12-23-55(46)64-60(50)54)41-28-31-43-38(32-41)26-30-51-56-47-19-9-7-16-44(47)45-17-8-10-20-48(45)59(56)62(3,4)58(43)51/h5-23,25-26,28-35H,24,27H2,1-4H3. The highest BCUT2D eigenvalue weighted by Gasteiger charge is 2.41. The summed E-state index contributed by atoms with van der Waals surface area (Å²) in [5.74, 6) is 0. The Morgan fingerprint density at radius 3 is 1.95 bits per heavy atom. The van der Waals surface area contributed by atoms with E-state index in [9.17, 15) is 0 Å². The van der Waals surface area contributed by atoms with E-state index in [1.54, 1.807) is 0 Å². The normalized spacial score (nSPS) is 15.4. The Hall–Kier alpha value is -7.42. The van der Waals surface area contributed by atoms with Gasteiger partial charge in [0, 0.05) is 33.0 Å². The number of anilines is 2. The number of hydrogen-bond acceptors (Lipinski definition) is 2. The number of furan rings is 1. The lowest BCUT2D eigenvalue weighted by Crippen LogP contribution is -2.20. The molecule has 0 bridgehead atoms. The van der Waals surface area contributed by atoms with Crippen molar-refractivity contribution in [2.24, 2.45) is 0 Å². The van der Waals surface area contributed by atoms with Gasteiger partial charge in [0.25, 0.3) is 0 Å². The number of aryl methyl sites for hydroxylation is 1. The van der Waals surface area contributed by atoms with Gasteiger partial charge in [-0.2, -0.15) is 0 Å². The van der Waals surface area contributed by atoms with E-state index >= 15 is 0 Å². The topological polar surface area (TPSA) is 16.4 Å². The number of para-hydroxylation sites is 2. The van der Waals surface area contributed by atoms with Crippen LogP contribution in [-0.4, -0.2) is 0 Å². The minimum absolute atomic E-state index is 0.129. The van der Waals surface area contributed by atoms with Gasteiger partial charge >= 0.3 is 0 Å². The predicted molar refractivity (Wildman–Crippen MR) is 270 cm³/mol. The molecule has 14 rings (SSSR count). The number of allylic oxidation sites excluding steroid dienone is 1. The van der Waals surface area contributed by atoms with E-state index in [4.69, 9.17) is 4.42 Å². The summed E-state index contributed by atoms with van der Waals surface area (Å²) in [5, 5.41) is 12.8. The van der Waals surface area contributed by atoms with Crippen LogP contribution in [0.3, 0.4) is 0 Å². The molecular formula is C62H45NO. The monoisotopic (exact) mass is 819 g/mol. The van der Waals surface area contributed by atoms with Crippen molar-refractivity contribution in [1.29, 1.82) is 0 Å². The summed E-state index contributed by atoms with van der Waals surface area (Å²) in [6.07, 6.45) is 4.33.